The molecule has 5 rings (SSSR count). The summed E-state index contributed by atoms with van der Waals surface area (Å²) in [5, 5.41) is 5.48. The molecule has 37 heavy (non-hydrogen) atoms. The van der Waals surface area contributed by atoms with E-state index in [2.05, 4.69) is 147 Å². The fourth-order valence-corrected chi connectivity index (χ4v) is 4.24. The first-order valence-electron chi connectivity index (χ1n) is 12.4. The van der Waals surface area contributed by atoms with Crippen LogP contribution in [0.15, 0.2) is 91.0 Å². The Morgan fingerprint density at radius 1 is 0.757 bits per heavy atom. The van der Waals surface area contributed by atoms with Gasteiger partial charge in [0.05, 0.1) is 0 Å². The molecule has 0 atom stereocenters. The molecule has 0 bridgehead atoms. The molecule has 0 saturated carbocycles. The van der Waals surface area contributed by atoms with Crippen LogP contribution in [-0.2, 0) is 30.8 Å². The van der Waals surface area contributed by atoms with E-state index in [9.17, 15) is 0 Å². The summed E-state index contributed by atoms with van der Waals surface area (Å²) in [5.41, 5.74) is 4.54. The maximum absolute atomic E-state index is 2.99. The molecule has 4 aromatic rings. The fraction of sp³-hybridized carbons (Fsp3) is 0.294. The SMILES string of the molecule is CC(C)(C)c1ccc2c(c1)[cH-]c1cc(C(C)(C)C)ccc12.C[C](=[Ti+2])c1ccccc1.[C-]1=CC=CC1.[Cl-].[Cl-]. The van der Waals surface area contributed by atoms with Gasteiger partial charge in [-0.3, -0.25) is 6.08 Å². The van der Waals surface area contributed by atoms with Crippen molar-refractivity contribution in [3.8, 4) is 0 Å². The third kappa shape index (κ3) is 9.45. The van der Waals surface area contributed by atoms with Crippen LogP contribution in [-0.4, -0.2) is 3.81 Å². The van der Waals surface area contributed by atoms with Crippen molar-refractivity contribution in [2.24, 2.45) is 0 Å². The summed E-state index contributed by atoms with van der Waals surface area (Å²) in [6, 6.07) is 26.6. The van der Waals surface area contributed by atoms with Gasteiger partial charge in [0.25, 0.3) is 0 Å². The van der Waals surface area contributed by atoms with E-state index in [-0.39, 0.29) is 35.6 Å². The van der Waals surface area contributed by atoms with Crippen LogP contribution in [0.5, 0.6) is 0 Å². The molecular formula is C34H38Cl2Ti-2. The Labute approximate surface area is 248 Å². The molecule has 4 aromatic carbocycles. The molecule has 194 valence electrons. The van der Waals surface area contributed by atoms with Gasteiger partial charge in [-0.05, 0) is 10.8 Å². The molecule has 0 spiro atoms. The Balaban J connectivity index is 0.000000354. The molecule has 0 aromatic heterocycles. The molecule has 0 N–H and O–H groups in total. The van der Waals surface area contributed by atoms with Crippen LogP contribution in [0.25, 0.3) is 21.5 Å². The number of fused-ring (bicyclic) bond motifs is 3. The van der Waals surface area contributed by atoms with E-state index in [0.717, 1.165) is 6.42 Å². The monoisotopic (exact) mass is 564 g/mol. The summed E-state index contributed by atoms with van der Waals surface area (Å²) in [5.74, 6) is 0. The van der Waals surface area contributed by atoms with Gasteiger partial charge in [0.1, 0.15) is 0 Å². The van der Waals surface area contributed by atoms with E-state index in [0.29, 0.717) is 0 Å². The number of halogens is 2. The zero-order chi connectivity index (χ0) is 25.6. The number of benzene rings is 3. The largest absolute Gasteiger partial charge is 1.00 e. The van der Waals surface area contributed by atoms with Crippen molar-refractivity contribution < 1.29 is 44.8 Å². The van der Waals surface area contributed by atoms with Gasteiger partial charge in [0, 0.05) is 0 Å². The molecular weight excluding hydrogens is 527 g/mol. The molecule has 3 heteroatoms. The summed E-state index contributed by atoms with van der Waals surface area (Å²) >= 11 is 2.12. The summed E-state index contributed by atoms with van der Waals surface area (Å²) < 4.78 is 1.37. The van der Waals surface area contributed by atoms with E-state index < -0.39 is 0 Å². The topological polar surface area (TPSA) is 0 Å². The Morgan fingerprint density at radius 3 is 1.54 bits per heavy atom. The van der Waals surface area contributed by atoms with Gasteiger partial charge in [-0.25, -0.2) is 12.2 Å². The average molecular weight is 565 g/mol. The molecule has 0 radical (unpaired) electrons. The predicted octanol–water partition coefficient (Wildman–Crippen LogP) is 3.39. The van der Waals surface area contributed by atoms with E-state index in [1.165, 1.54) is 42.0 Å². The minimum absolute atomic E-state index is 0. The minimum Gasteiger partial charge on any atom is -1.00 e. The third-order valence-corrected chi connectivity index (χ3v) is 6.68. The van der Waals surface area contributed by atoms with Crippen molar-refractivity contribution in [3.63, 3.8) is 0 Å². The number of hydrogen-bond donors (Lipinski definition) is 0. The van der Waals surface area contributed by atoms with Crippen LogP contribution in [0.3, 0.4) is 0 Å². The molecule has 0 amide bonds. The second-order valence-electron chi connectivity index (χ2n) is 11.2. The number of rotatable bonds is 1. The van der Waals surface area contributed by atoms with Crippen LogP contribution in [0.4, 0.5) is 0 Å². The van der Waals surface area contributed by atoms with Gasteiger partial charge in [-0.15, -0.1) is 46.2 Å². The van der Waals surface area contributed by atoms with Gasteiger partial charge in [0.15, 0.2) is 0 Å². The van der Waals surface area contributed by atoms with Crippen molar-refractivity contribution in [2.75, 3.05) is 0 Å². The average Bonchev–Trinajstić information content (AvgIpc) is 3.49. The van der Waals surface area contributed by atoms with Crippen LogP contribution < -0.4 is 24.8 Å². The first kappa shape index (κ1) is 33.2. The zero-order valence-corrected chi connectivity index (χ0v) is 26.2. The predicted molar refractivity (Wildman–Crippen MR) is 152 cm³/mol. The maximum atomic E-state index is 2.99. The minimum atomic E-state index is 0. The van der Waals surface area contributed by atoms with E-state index in [1.54, 1.807) is 0 Å². The summed E-state index contributed by atoms with van der Waals surface area (Å²) in [6.45, 7) is 15.8. The maximum Gasteiger partial charge on any atom is -0.109 e. The van der Waals surface area contributed by atoms with Crippen molar-refractivity contribution in [1.82, 2.24) is 0 Å². The molecule has 0 unspecified atom stereocenters. The molecule has 1 aliphatic carbocycles. The third-order valence-electron chi connectivity index (χ3n) is 6.23. The van der Waals surface area contributed by atoms with Crippen molar-refractivity contribution >= 4 is 25.4 Å². The Bertz CT molecular complexity index is 1270. The van der Waals surface area contributed by atoms with Crippen molar-refractivity contribution in [2.45, 2.75) is 65.7 Å². The molecule has 1 aliphatic rings. The summed E-state index contributed by atoms with van der Waals surface area (Å²) in [7, 11) is 0. The Kier molecular flexibility index (Phi) is 12.9. The molecule has 0 saturated heterocycles. The zero-order valence-electron chi connectivity index (χ0n) is 23.1. The first-order valence-corrected chi connectivity index (χ1v) is 13.2. The summed E-state index contributed by atoms with van der Waals surface area (Å²) in [6.07, 6.45) is 10.0. The number of hydrogen-bond acceptors (Lipinski definition) is 0. The Hall–Kier alpha value is -1.83. The second-order valence-corrected chi connectivity index (χ2v) is 12.4. The molecule has 0 nitrogen and oxygen atoms in total. The molecule has 0 heterocycles. The standard InChI is InChI=1S/C21H25.C8H8.C5H5.2ClH.Ti/c1-20(2,3)16-7-9-18-14(12-16)11-15-13-17(21(4,5)6)8-10-19(15)18;1-2-8-6-4-3-5-7-8;1-2-4-5-3-1;;;/h7-13H,1-6H3;3-7H,1H3;1-3H,4H2;2*1H;/q-1;;-1;;;+2/p-2. The van der Waals surface area contributed by atoms with Gasteiger partial charge >= 0.3 is 66.6 Å². The Morgan fingerprint density at radius 2 is 1.24 bits per heavy atom. The van der Waals surface area contributed by atoms with E-state index >= 15 is 0 Å². The van der Waals surface area contributed by atoms with Gasteiger partial charge in [-0.2, -0.15) is 6.08 Å². The van der Waals surface area contributed by atoms with Crippen molar-refractivity contribution in [3.05, 3.63) is 114 Å². The van der Waals surface area contributed by atoms with E-state index in [4.69, 9.17) is 0 Å². The van der Waals surface area contributed by atoms with Crippen molar-refractivity contribution in [1.29, 1.82) is 0 Å². The van der Waals surface area contributed by atoms with Gasteiger partial charge in [-0.1, -0.05) is 76.9 Å². The van der Waals surface area contributed by atoms with Gasteiger partial charge in [0.2, 0.25) is 0 Å². The van der Waals surface area contributed by atoms with Crippen LogP contribution in [0, 0.1) is 6.08 Å². The van der Waals surface area contributed by atoms with Gasteiger partial charge < -0.3 is 24.8 Å². The first-order chi connectivity index (χ1) is 16.5. The molecule has 0 aliphatic heterocycles. The summed E-state index contributed by atoms with van der Waals surface area (Å²) in [4.78, 5) is 0. The van der Waals surface area contributed by atoms with Crippen LogP contribution in [0.1, 0.15) is 71.6 Å². The second kappa shape index (κ2) is 14.4. The molecule has 0 fully saturated rings. The smallest absolute Gasteiger partial charge is 0.109 e. The normalized spacial score (nSPS) is 12.1. The van der Waals surface area contributed by atoms with Crippen LogP contribution >= 0.6 is 0 Å². The fourth-order valence-electron chi connectivity index (χ4n) is 3.98. The van der Waals surface area contributed by atoms with Crippen LogP contribution in [0.2, 0.25) is 0 Å². The number of allylic oxidation sites excluding steroid dienone is 4. The van der Waals surface area contributed by atoms with E-state index in [1.807, 2.05) is 18.2 Å². The quantitative estimate of drug-likeness (QED) is 0.245.